The van der Waals surface area contributed by atoms with Crippen molar-refractivity contribution in [2.24, 2.45) is 0 Å². The van der Waals surface area contributed by atoms with E-state index in [1.807, 2.05) is 0 Å². The second kappa shape index (κ2) is 4.72. The summed E-state index contributed by atoms with van der Waals surface area (Å²) in [5, 5.41) is 14.0. The molecular weight excluding hydrogens is 248 g/mol. The number of likely N-dealkylation sites (N-methyl/N-ethyl adjacent to an activating group) is 1. The third kappa shape index (κ3) is 2.16. The highest BCUT2D eigenvalue weighted by Gasteiger charge is 2.43. The summed E-state index contributed by atoms with van der Waals surface area (Å²) in [5.41, 5.74) is 0.814. The lowest BCUT2D eigenvalue weighted by molar-refractivity contribution is -0.129. The minimum absolute atomic E-state index is 0.178. The lowest BCUT2D eigenvalue weighted by atomic mass is 9.95. The van der Waals surface area contributed by atoms with Crippen molar-refractivity contribution in [2.45, 2.75) is 18.4 Å². The van der Waals surface area contributed by atoms with Crippen molar-refractivity contribution < 1.29 is 19.5 Å². The number of carboxylic acid groups (broad SMARTS) is 1. The molecule has 6 nitrogen and oxygen atoms in total. The van der Waals surface area contributed by atoms with Crippen LogP contribution >= 0.6 is 0 Å². The zero-order valence-electron chi connectivity index (χ0n) is 10.4. The van der Waals surface area contributed by atoms with Crippen LogP contribution in [0.4, 0.5) is 0 Å². The summed E-state index contributed by atoms with van der Waals surface area (Å²) >= 11 is 0. The highest BCUT2D eigenvalue weighted by atomic mass is 16.4. The summed E-state index contributed by atoms with van der Waals surface area (Å²) in [6.07, 6.45) is 1.15. The van der Waals surface area contributed by atoms with Crippen LogP contribution in [0.15, 0.2) is 18.2 Å². The molecule has 0 bridgehead atoms. The molecule has 0 spiro atoms. The number of amides is 2. The van der Waals surface area contributed by atoms with Gasteiger partial charge in [-0.05, 0) is 23.3 Å². The fraction of sp³-hybridized carbons (Fsp3) is 0.308. The van der Waals surface area contributed by atoms with E-state index in [1.165, 1.54) is 13.1 Å². The van der Waals surface area contributed by atoms with Gasteiger partial charge in [0.15, 0.2) is 0 Å². The Balaban J connectivity index is 2.38. The van der Waals surface area contributed by atoms with E-state index in [4.69, 9.17) is 5.11 Å². The fourth-order valence-corrected chi connectivity index (χ4v) is 2.49. The largest absolute Gasteiger partial charge is 0.478 e. The number of carbonyl (C=O) groups is 3. The molecule has 1 aliphatic carbocycles. The summed E-state index contributed by atoms with van der Waals surface area (Å²) in [6.45, 7) is 0. The highest BCUT2D eigenvalue weighted by Crippen LogP contribution is 2.31. The molecule has 2 rings (SSSR count). The molecule has 0 saturated carbocycles. The smallest absolute Gasteiger partial charge is 0.335 e. The summed E-state index contributed by atoms with van der Waals surface area (Å²) in [6, 6.07) is 4.74. The molecule has 1 unspecified atom stereocenters. The van der Waals surface area contributed by atoms with E-state index in [2.05, 4.69) is 10.6 Å². The van der Waals surface area contributed by atoms with E-state index in [0.717, 1.165) is 11.1 Å². The van der Waals surface area contributed by atoms with Gasteiger partial charge in [0.2, 0.25) is 12.3 Å². The molecule has 1 atom stereocenters. The molecule has 6 heteroatoms. The number of hydrogen-bond donors (Lipinski definition) is 3. The number of rotatable bonds is 4. The Morgan fingerprint density at radius 2 is 2.00 bits per heavy atom. The number of carboxylic acids is 1. The van der Waals surface area contributed by atoms with Crippen molar-refractivity contribution in [1.29, 1.82) is 0 Å². The minimum Gasteiger partial charge on any atom is -0.478 e. The number of carbonyl (C=O) groups excluding carboxylic acids is 2. The highest BCUT2D eigenvalue weighted by molar-refractivity contribution is 5.91. The van der Waals surface area contributed by atoms with E-state index in [9.17, 15) is 14.4 Å². The normalized spacial score (nSPS) is 20.5. The number of hydrogen-bond acceptors (Lipinski definition) is 3. The molecule has 1 aromatic carbocycles. The molecule has 0 aliphatic heterocycles. The van der Waals surface area contributed by atoms with Crippen molar-refractivity contribution in [1.82, 2.24) is 10.6 Å². The maximum Gasteiger partial charge on any atom is 0.335 e. The van der Waals surface area contributed by atoms with Crippen LogP contribution in [0.1, 0.15) is 21.5 Å². The first-order chi connectivity index (χ1) is 9.02. The van der Waals surface area contributed by atoms with Crippen molar-refractivity contribution in [3.05, 3.63) is 34.9 Å². The first kappa shape index (κ1) is 13.1. The third-order valence-corrected chi connectivity index (χ3v) is 3.43. The van der Waals surface area contributed by atoms with Crippen molar-refractivity contribution in [3.8, 4) is 0 Å². The quantitative estimate of drug-likeness (QED) is 0.650. The fourth-order valence-electron chi connectivity index (χ4n) is 2.49. The Hall–Kier alpha value is -2.37. The maximum absolute atomic E-state index is 12.0. The molecule has 2 amide bonds. The van der Waals surface area contributed by atoms with Crippen molar-refractivity contribution in [3.63, 3.8) is 0 Å². The summed E-state index contributed by atoms with van der Waals surface area (Å²) in [7, 11) is 1.50. The molecular formula is C13H14N2O4. The van der Waals surface area contributed by atoms with Crippen LogP contribution in [0.5, 0.6) is 0 Å². The summed E-state index contributed by atoms with van der Waals surface area (Å²) < 4.78 is 0. The van der Waals surface area contributed by atoms with Gasteiger partial charge in [-0.25, -0.2) is 4.79 Å². The molecule has 3 N–H and O–H groups in total. The maximum atomic E-state index is 12.0. The number of fused-ring (bicyclic) bond motifs is 1. The topological polar surface area (TPSA) is 95.5 Å². The van der Waals surface area contributed by atoms with Crippen LogP contribution in [-0.4, -0.2) is 36.0 Å². The van der Waals surface area contributed by atoms with E-state index < -0.39 is 11.5 Å². The molecule has 0 heterocycles. The van der Waals surface area contributed by atoms with Gasteiger partial charge in [0, 0.05) is 19.9 Å². The number of nitrogens with one attached hydrogen (secondary N) is 2. The lowest BCUT2D eigenvalue weighted by Crippen LogP contribution is -2.56. The standard InChI is InChI=1S/C13H14N2O4/c1-14-12(19)13(15-7-16)5-9-3-2-8(11(17)18)4-10(9)6-13/h2-4,7H,5-6H2,1H3,(H,14,19)(H,15,16)(H,17,18). The SMILES string of the molecule is CNC(=O)C1(NC=O)Cc2ccc(C(=O)O)cc2C1. The second-order valence-corrected chi connectivity index (χ2v) is 4.57. The second-order valence-electron chi connectivity index (χ2n) is 4.57. The molecule has 0 saturated heterocycles. The van der Waals surface area contributed by atoms with Gasteiger partial charge in [0.05, 0.1) is 5.56 Å². The van der Waals surface area contributed by atoms with Gasteiger partial charge in [0.1, 0.15) is 5.54 Å². The average Bonchev–Trinajstić information content (AvgIpc) is 2.76. The molecule has 1 aromatic rings. The first-order valence-corrected chi connectivity index (χ1v) is 5.81. The van der Waals surface area contributed by atoms with Crippen LogP contribution in [0.3, 0.4) is 0 Å². The Morgan fingerprint density at radius 1 is 1.32 bits per heavy atom. The van der Waals surface area contributed by atoms with Gasteiger partial charge >= 0.3 is 5.97 Å². The Kier molecular flexibility index (Phi) is 3.25. The van der Waals surface area contributed by atoms with Gasteiger partial charge in [-0.1, -0.05) is 6.07 Å². The average molecular weight is 262 g/mol. The van der Waals surface area contributed by atoms with Crippen molar-refractivity contribution in [2.75, 3.05) is 7.05 Å². The predicted molar refractivity (Wildman–Crippen MR) is 66.8 cm³/mol. The summed E-state index contributed by atoms with van der Waals surface area (Å²) in [4.78, 5) is 33.6. The summed E-state index contributed by atoms with van der Waals surface area (Å²) in [5.74, 6) is -1.30. The molecule has 0 aromatic heterocycles. The van der Waals surface area contributed by atoms with Crippen LogP contribution in [0, 0.1) is 0 Å². The van der Waals surface area contributed by atoms with E-state index >= 15 is 0 Å². The third-order valence-electron chi connectivity index (χ3n) is 3.43. The van der Waals surface area contributed by atoms with Gasteiger partial charge in [-0.2, -0.15) is 0 Å². The monoisotopic (exact) mass is 262 g/mol. The zero-order chi connectivity index (χ0) is 14.0. The Bertz CT molecular complexity index is 556. The van der Waals surface area contributed by atoms with E-state index in [-0.39, 0.29) is 11.5 Å². The van der Waals surface area contributed by atoms with Crippen LogP contribution < -0.4 is 10.6 Å². The number of benzene rings is 1. The van der Waals surface area contributed by atoms with Gasteiger partial charge in [0.25, 0.3) is 0 Å². The van der Waals surface area contributed by atoms with E-state index in [1.54, 1.807) is 12.1 Å². The molecule has 19 heavy (non-hydrogen) atoms. The molecule has 0 fully saturated rings. The van der Waals surface area contributed by atoms with Crippen molar-refractivity contribution >= 4 is 18.3 Å². The lowest BCUT2D eigenvalue weighted by Gasteiger charge is -2.25. The van der Waals surface area contributed by atoms with Crippen LogP contribution in [0.2, 0.25) is 0 Å². The van der Waals surface area contributed by atoms with E-state index in [0.29, 0.717) is 19.3 Å². The van der Waals surface area contributed by atoms with Gasteiger partial charge < -0.3 is 15.7 Å². The number of aromatic carboxylic acids is 1. The molecule has 1 aliphatic rings. The zero-order valence-corrected chi connectivity index (χ0v) is 10.4. The Labute approximate surface area is 109 Å². The molecule has 0 radical (unpaired) electrons. The Morgan fingerprint density at radius 3 is 2.58 bits per heavy atom. The van der Waals surface area contributed by atoms with Crippen LogP contribution in [-0.2, 0) is 22.4 Å². The van der Waals surface area contributed by atoms with Gasteiger partial charge in [-0.3, -0.25) is 9.59 Å². The predicted octanol–water partition coefficient (Wildman–Crippen LogP) is -0.286. The van der Waals surface area contributed by atoms with Crippen LogP contribution in [0.25, 0.3) is 0 Å². The van der Waals surface area contributed by atoms with Gasteiger partial charge in [-0.15, -0.1) is 0 Å². The molecule has 100 valence electrons. The minimum atomic E-state index is -1.02. The first-order valence-electron chi connectivity index (χ1n) is 5.81.